The van der Waals surface area contributed by atoms with E-state index in [2.05, 4.69) is 34.3 Å². The Morgan fingerprint density at radius 1 is 1.21 bits per heavy atom. The van der Waals surface area contributed by atoms with Crippen LogP contribution in [0.2, 0.25) is 5.02 Å². The normalized spacial score (nSPS) is 12.4. The highest BCUT2D eigenvalue weighted by Gasteiger charge is 2.15. The van der Waals surface area contributed by atoms with Crippen molar-refractivity contribution in [2.75, 3.05) is 0 Å². The molecule has 0 fully saturated rings. The fourth-order valence-corrected chi connectivity index (χ4v) is 2.74. The van der Waals surface area contributed by atoms with E-state index in [-0.39, 0.29) is 6.04 Å². The van der Waals surface area contributed by atoms with Gasteiger partial charge in [-0.2, -0.15) is 0 Å². The van der Waals surface area contributed by atoms with E-state index in [4.69, 9.17) is 17.4 Å². The van der Waals surface area contributed by atoms with Crippen molar-refractivity contribution in [1.29, 1.82) is 0 Å². The van der Waals surface area contributed by atoms with Crippen LogP contribution in [0.3, 0.4) is 0 Å². The minimum absolute atomic E-state index is 0.0393. The molecule has 0 aliphatic carbocycles. The van der Waals surface area contributed by atoms with Gasteiger partial charge in [0, 0.05) is 9.50 Å². The van der Waals surface area contributed by atoms with Gasteiger partial charge < -0.3 is 0 Å². The van der Waals surface area contributed by atoms with Crippen LogP contribution < -0.4 is 11.3 Å². The summed E-state index contributed by atoms with van der Waals surface area (Å²) in [5.74, 6) is 5.71. The van der Waals surface area contributed by atoms with E-state index in [0.717, 1.165) is 21.5 Å². The Kier molecular flexibility index (Phi) is 4.99. The Balaban J connectivity index is 2.31. The van der Waals surface area contributed by atoms with Gasteiger partial charge in [0.25, 0.3) is 0 Å². The Labute approximate surface area is 127 Å². The van der Waals surface area contributed by atoms with E-state index in [1.165, 1.54) is 11.1 Å². The first-order valence-electron chi connectivity index (χ1n) is 6.08. The van der Waals surface area contributed by atoms with Crippen molar-refractivity contribution in [3.63, 3.8) is 0 Å². The van der Waals surface area contributed by atoms with Gasteiger partial charge in [-0.1, -0.05) is 57.9 Å². The number of nitrogens with two attached hydrogens (primary N) is 1. The highest BCUT2D eigenvalue weighted by atomic mass is 79.9. The summed E-state index contributed by atoms with van der Waals surface area (Å²) in [6, 6.07) is 14.0. The van der Waals surface area contributed by atoms with E-state index < -0.39 is 0 Å². The van der Waals surface area contributed by atoms with Crippen molar-refractivity contribution < 1.29 is 0 Å². The molecule has 0 radical (unpaired) electrons. The second kappa shape index (κ2) is 6.53. The summed E-state index contributed by atoms with van der Waals surface area (Å²) in [6.45, 7) is 2.08. The van der Waals surface area contributed by atoms with Gasteiger partial charge >= 0.3 is 0 Å². The maximum Gasteiger partial charge on any atom is 0.0503 e. The van der Waals surface area contributed by atoms with Gasteiger partial charge in [0.05, 0.1) is 6.04 Å². The standard InChI is InChI=1S/C15H16BrClN2/c1-10-12(6-4-7-13(10)16)15(19-18)9-11-5-2-3-8-14(11)17/h2-8,15,19H,9,18H2,1H3. The molecule has 0 aromatic heterocycles. The van der Waals surface area contributed by atoms with Crippen LogP contribution in [0.5, 0.6) is 0 Å². The van der Waals surface area contributed by atoms with Crippen LogP contribution in [0, 0.1) is 6.92 Å². The minimum atomic E-state index is 0.0393. The van der Waals surface area contributed by atoms with Gasteiger partial charge in [-0.25, -0.2) is 0 Å². The smallest absolute Gasteiger partial charge is 0.0503 e. The largest absolute Gasteiger partial charge is 0.271 e. The summed E-state index contributed by atoms with van der Waals surface area (Å²) >= 11 is 9.75. The summed E-state index contributed by atoms with van der Waals surface area (Å²) in [5, 5.41) is 0.774. The first-order chi connectivity index (χ1) is 9.13. The lowest BCUT2D eigenvalue weighted by Crippen LogP contribution is -2.30. The molecule has 19 heavy (non-hydrogen) atoms. The molecule has 0 heterocycles. The molecule has 2 aromatic carbocycles. The summed E-state index contributed by atoms with van der Waals surface area (Å²) < 4.78 is 1.09. The first kappa shape index (κ1) is 14.5. The molecule has 0 bridgehead atoms. The number of benzene rings is 2. The van der Waals surface area contributed by atoms with E-state index in [1.807, 2.05) is 36.4 Å². The van der Waals surface area contributed by atoms with Crippen molar-refractivity contribution in [2.24, 2.45) is 5.84 Å². The summed E-state index contributed by atoms with van der Waals surface area (Å²) in [5.41, 5.74) is 6.34. The Hall–Kier alpha value is -0.870. The molecule has 0 aliphatic rings. The molecule has 1 atom stereocenters. The third-order valence-corrected chi connectivity index (χ3v) is 4.50. The second-order valence-electron chi connectivity index (χ2n) is 4.47. The molecule has 1 unspecified atom stereocenters. The molecule has 0 saturated carbocycles. The third-order valence-electron chi connectivity index (χ3n) is 3.27. The molecule has 0 amide bonds. The van der Waals surface area contributed by atoms with Crippen LogP contribution in [-0.4, -0.2) is 0 Å². The maximum absolute atomic E-state index is 6.21. The Morgan fingerprint density at radius 3 is 2.63 bits per heavy atom. The fraction of sp³-hybridized carbons (Fsp3) is 0.200. The molecule has 3 N–H and O–H groups in total. The number of hydrogen-bond acceptors (Lipinski definition) is 2. The first-order valence-corrected chi connectivity index (χ1v) is 7.25. The van der Waals surface area contributed by atoms with Crippen LogP contribution >= 0.6 is 27.5 Å². The molecule has 4 heteroatoms. The number of rotatable bonds is 4. The van der Waals surface area contributed by atoms with Crippen molar-refractivity contribution in [2.45, 2.75) is 19.4 Å². The topological polar surface area (TPSA) is 38.0 Å². The minimum Gasteiger partial charge on any atom is -0.271 e. The van der Waals surface area contributed by atoms with Gasteiger partial charge in [0.1, 0.15) is 0 Å². The zero-order valence-corrected chi connectivity index (χ0v) is 13.0. The van der Waals surface area contributed by atoms with Crippen LogP contribution in [0.1, 0.15) is 22.7 Å². The highest BCUT2D eigenvalue weighted by molar-refractivity contribution is 9.10. The average molecular weight is 340 g/mol. The van der Waals surface area contributed by atoms with E-state index >= 15 is 0 Å². The lowest BCUT2D eigenvalue weighted by molar-refractivity contribution is 0.549. The summed E-state index contributed by atoms with van der Waals surface area (Å²) in [7, 11) is 0. The number of hydrogen-bond donors (Lipinski definition) is 2. The molecule has 0 aliphatic heterocycles. The maximum atomic E-state index is 6.21. The second-order valence-corrected chi connectivity index (χ2v) is 5.73. The number of nitrogens with one attached hydrogen (secondary N) is 1. The molecule has 0 spiro atoms. The lowest BCUT2D eigenvalue weighted by Gasteiger charge is -2.20. The van der Waals surface area contributed by atoms with Gasteiger partial charge in [-0.15, -0.1) is 0 Å². The zero-order chi connectivity index (χ0) is 13.8. The lowest BCUT2D eigenvalue weighted by atomic mass is 9.96. The molecule has 100 valence electrons. The van der Waals surface area contributed by atoms with Crippen molar-refractivity contribution in [3.8, 4) is 0 Å². The summed E-state index contributed by atoms with van der Waals surface area (Å²) in [4.78, 5) is 0. The summed E-state index contributed by atoms with van der Waals surface area (Å²) in [6.07, 6.45) is 0.757. The molecule has 0 saturated heterocycles. The third kappa shape index (κ3) is 3.37. The van der Waals surface area contributed by atoms with E-state index in [0.29, 0.717) is 0 Å². The number of halogens is 2. The fourth-order valence-electron chi connectivity index (χ4n) is 2.14. The monoisotopic (exact) mass is 338 g/mol. The van der Waals surface area contributed by atoms with Crippen LogP contribution in [-0.2, 0) is 6.42 Å². The van der Waals surface area contributed by atoms with Crippen molar-refractivity contribution >= 4 is 27.5 Å². The molecular weight excluding hydrogens is 324 g/mol. The van der Waals surface area contributed by atoms with Crippen molar-refractivity contribution in [3.05, 3.63) is 68.7 Å². The van der Waals surface area contributed by atoms with Gasteiger partial charge in [-0.3, -0.25) is 11.3 Å². The molecule has 2 nitrogen and oxygen atoms in total. The Morgan fingerprint density at radius 2 is 1.95 bits per heavy atom. The number of hydrazine groups is 1. The predicted octanol–water partition coefficient (Wildman–Crippen LogP) is 4.16. The quantitative estimate of drug-likeness (QED) is 0.648. The van der Waals surface area contributed by atoms with E-state index in [9.17, 15) is 0 Å². The Bertz CT molecular complexity index is 572. The van der Waals surface area contributed by atoms with Crippen LogP contribution in [0.25, 0.3) is 0 Å². The molecular formula is C15H16BrClN2. The van der Waals surface area contributed by atoms with Gasteiger partial charge in [-0.05, 0) is 42.2 Å². The van der Waals surface area contributed by atoms with Crippen molar-refractivity contribution in [1.82, 2.24) is 5.43 Å². The van der Waals surface area contributed by atoms with Gasteiger partial charge in [0.15, 0.2) is 0 Å². The average Bonchev–Trinajstić information content (AvgIpc) is 2.41. The molecule has 2 rings (SSSR count). The molecule has 2 aromatic rings. The van der Waals surface area contributed by atoms with Crippen LogP contribution in [0.15, 0.2) is 46.9 Å². The zero-order valence-electron chi connectivity index (χ0n) is 10.7. The van der Waals surface area contributed by atoms with Crippen LogP contribution in [0.4, 0.5) is 0 Å². The van der Waals surface area contributed by atoms with E-state index in [1.54, 1.807) is 0 Å². The predicted molar refractivity (Wildman–Crippen MR) is 84.1 cm³/mol. The highest BCUT2D eigenvalue weighted by Crippen LogP contribution is 2.28. The van der Waals surface area contributed by atoms with Gasteiger partial charge in [0.2, 0.25) is 0 Å². The SMILES string of the molecule is Cc1c(Br)cccc1C(Cc1ccccc1Cl)NN.